The van der Waals surface area contributed by atoms with E-state index in [0.29, 0.717) is 0 Å². The zero-order valence-electron chi connectivity index (χ0n) is 9.69. The van der Waals surface area contributed by atoms with Gasteiger partial charge in [-0.2, -0.15) is 0 Å². The van der Waals surface area contributed by atoms with Gasteiger partial charge in [0.1, 0.15) is 5.82 Å². The molecule has 3 heteroatoms. The van der Waals surface area contributed by atoms with Crippen LogP contribution >= 0.6 is 15.9 Å². The van der Waals surface area contributed by atoms with Crippen molar-refractivity contribution in [2.75, 3.05) is 6.54 Å². The van der Waals surface area contributed by atoms with Crippen LogP contribution in [0.1, 0.15) is 31.9 Å². The van der Waals surface area contributed by atoms with Crippen molar-refractivity contribution in [2.45, 2.75) is 26.3 Å². The number of hydrogen-bond acceptors (Lipinski definition) is 1. The molecule has 1 aromatic rings. The second kappa shape index (κ2) is 6.16. The average molecular weight is 286 g/mol. The Bertz CT molecular complexity index is 356. The summed E-state index contributed by atoms with van der Waals surface area (Å²) < 4.78 is 14.1. The molecule has 0 radical (unpaired) electrons. The molecule has 0 heterocycles. The Morgan fingerprint density at radius 2 is 2.19 bits per heavy atom. The van der Waals surface area contributed by atoms with Crippen LogP contribution in [0.5, 0.6) is 0 Å². The predicted molar refractivity (Wildman–Crippen MR) is 69.9 cm³/mol. The van der Waals surface area contributed by atoms with Crippen LogP contribution in [0.15, 0.2) is 34.8 Å². The minimum atomic E-state index is -0.214. The molecular formula is C13H17BrFN. The van der Waals surface area contributed by atoms with E-state index in [9.17, 15) is 4.39 Å². The van der Waals surface area contributed by atoms with Gasteiger partial charge in [0.2, 0.25) is 0 Å². The maximum Gasteiger partial charge on any atom is 0.124 e. The smallest absolute Gasteiger partial charge is 0.124 e. The molecule has 0 aliphatic heterocycles. The average Bonchev–Trinajstić information content (AvgIpc) is 2.14. The lowest BCUT2D eigenvalue weighted by molar-refractivity contribution is 0.541. The molecule has 0 bridgehead atoms. The van der Waals surface area contributed by atoms with E-state index < -0.39 is 0 Å². The van der Waals surface area contributed by atoms with Crippen molar-refractivity contribution < 1.29 is 4.39 Å². The lowest BCUT2D eigenvalue weighted by Gasteiger charge is -2.18. The quantitative estimate of drug-likeness (QED) is 0.800. The van der Waals surface area contributed by atoms with Gasteiger partial charge in [-0.15, -0.1) is 6.58 Å². The third-order valence-electron chi connectivity index (χ3n) is 2.29. The summed E-state index contributed by atoms with van der Waals surface area (Å²) in [5, 5.41) is 3.34. The standard InChI is InChI=1S/C13H17BrFN/c1-4-16-13(5-9(2)3)10-6-11(14)8-12(15)7-10/h6-8,13,16H,2,4-5H2,1,3H3. The molecule has 1 nitrogen and oxygen atoms in total. The van der Waals surface area contributed by atoms with Crippen LogP contribution in [0.2, 0.25) is 0 Å². The molecule has 88 valence electrons. The van der Waals surface area contributed by atoms with Gasteiger partial charge in [-0.1, -0.05) is 28.4 Å². The predicted octanol–water partition coefficient (Wildman–Crippen LogP) is 4.21. The van der Waals surface area contributed by atoms with E-state index in [0.717, 1.165) is 28.6 Å². The van der Waals surface area contributed by atoms with Crippen molar-refractivity contribution in [3.8, 4) is 0 Å². The van der Waals surface area contributed by atoms with E-state index in [1.165, 1.54) is 6.07 Å². The number of halogens is 2. The Morgan fingerprint density at radius 3 is 2.69 bits per heavy atom. The van der Waals surface area contributed by atoms with Crippen LogP contribution in [-0.2, 0) is 0 Å². The molecule has 1 aromatic carbocycles. The molecule has 0 aliphatic rings. The van der Waals surface area contributed by atoms with Crippen molar-refractivity contribution >= 4 is 15.9 Å². The molecule has 16 heavy (non-hydrogen) atoms. The molecule has 0 aliphatic carbocycles. The van der Waals surface area contributed by atoms with E-state index in [4.69, 9.17) is 0 Å². The van der Waals surface area contributed by atoms with Crippen LogP contribution < -0.4 is 5.32 Å². The summed E-state index contributed by atoms with van der Waals surface area (Å²) in [6.07, 6.45) is 0.823. The topological polar surface area (TPSA) is 12.0 Å². The molecule has 1 rings (SSSR count). The fraction of sp³-hybridized carbons (Fsp3) is 0.385. The molecule has 1 N–H and O–H groups in total. The molecular weight excluding hydrogens is 269 g/mol. The highest BCUT2D eigenvalue weighted by atomic mass is 79.9. The van der Waals surface area contributed by atoms with Crippen molar-refractivity contribution in [3.63, 3.8) is 0 Å². The summed E-state index contributed by atoms with van der Waals surface area (Å²) >= 11 is 3.31. The van der Waals surface area contributed by atoms with Crippen LogP contribution in [0.25, 0.3) is 0 Å². The molecule has 0 saturated heterocycles. The summed E-state index contributed by atoms with van der Waals surface area (Å²) in [6, 6.07) is 5.11. The molecule has 0 fully saturated rings. The van der Waals surface area contributed by atoms with E-state index in [1.807, 2.05) is 19.9 Å². The van der Waals surface area contributed by atoms with E-state index in [1.54, 1.807) is 6.07 Å². The van der Waals surface area contributed by atoms with Gasteiger partial charge in [-0.25, -0.2) is 4.39 Å². The molecule has 0 aromatic heterocycles. The van der Waals surface area contributed by atoms with Gasteiger partial charge in [0.15, 0.2) is 0 Å². The van der Waals surface area contributed by atoms with Crippen molar-refractivity contribution in [1.82, 2.24) is 5.32 Å². The first kappa shape index (κ1) is 13.4. The Labute approximate surface area is 105 Å². The Morgan fingerprint density at radius 1 is 1.50 bits per heavy atom. The largest absolute Gasteiger partial charge is 0.310 e. The molecule has 1 unspecified atom stereocenters. The fourth-order valence-corrected chi connectivity index (χ4v) is 2.16. The maximum absolute atomic E-state index is 13.3. The number of hydrogen-bond donors (Lipinski definition) is 1. The van der Waals surface area contributed by atoms with Crippen molar-refractivity contribution in [2.24, 2.45) is 0 Å². The molecule has 0 amide bonds. The van der Waals surface area contributed by atoms with Crippen LogP contribution in [0.3, 0.4) is 0 Å². The lowest BCUT2D eigenvalue weighted by Crippen LogP contribution is -2.21. The Kier molecular flexibility index (Phi) is 5.16. The Balaban J connectivity index is 2.95. The lowest BCUT2D eigenvalue weighted by atomic mass is 10.0. The normalized spacial score (nSPS) is 12.5. The highest BCUT2D eigenvalue weighted by molar-refractivity contribution is 9.10. The zero-order valence-corrected chi connectivity index (χ0v) is 11.3. The second-order valence-corrected chi connectivity index (χ2v) is 4.89. The molecule has 0 spiro atoms. The highest BCUT2D eigenvalue weighted by Gasteiger charge is 2.12. The summed E-state index contributed by atoms with van der Waals surface area (Å²) in [7, 11) is 0. The van der Waals surface area contributed by atoms with Gasteiger partial charge in [-0.05, 0) is 43.7 Å². The molecule has 1 atom stereocenters. The van der Waals surface area contributed by atoms with Gasteiger partial charge in [-0.3, -0.25) is 0 Å². The van der Waals surface area contributed by atoms with E-state index >= 15 is 0 Å². The van der Waals surface area contributed by atoms with Crippen molar-refractivity contribution in [3.05, 3.63) is 46.2 Å². The summed E-state index contributed by atoms with van der Waals surface area (Å²) in [6.45, 7) is 8.78. The van der Waals surface area contributed by atoms with Gasteiger partial charge in [0.25, 0.3) is 0 Å². The third-order valence-corrected chi connectivity index (χ3v) is 2.75. The summed E-state index contributed by atoms with van der Waals surface area (Å²) in [4.78, 5) is 0. The summed E-state index contributed by atoms with van der Waals surface area (Å²) in [5.74, 6) is -0.214. The first-order valence-electron chi connectivity index (χ1n) is 5.36. The monoisotopic (exact) mass is 285 g/mol. The Hall–Kier alpha value is -0.670. The van der Waals surface area contributed by atoms with Crippen molar-refractivity contribution in [1.29, 1.82) is 0 Å². The number of benzene rings is 1. The minimum absolute atomic E-state index is 0.134. The van der Waals surface area contributed by atoms with Crippen LogP contribution in [-0.4, -0.2) is 6.54 Å². The molecule has 0 saturated carbocycles. The van der Waals surface area contributed by atoms with Crippen LogP contribution in [0, 0.1) is 5.82 Å². The summed E-state index contributed by atoms with van der Waals surface area (Å²) in [5.41, 5.74) is 2.04. The van der Waals surface area contributed by atoms with Gasteiger partial charge in [0, 0.05) is 10.5 Å². The SMILES string of the molecule is C=C(C)CC(NCC)c1cc(F)cc(Br)c1. The number of rotatable bonds is 5. The van der Waals surface area contributed by atoms with E-state index in [-0.39, 0.29) is 11.9 Å². The third kappa shape index (κ3) is 4.06. The fourth-order valence-electron chi connectivity index (χ4n) is 1.68. The second-order valence-electron chi connectivity index (χ2n) is 3.97. The first-order valence-corrected chi connectivity index (χ1v) is 6.16. The maximum atomic E-state index is 13.3. The minimum Gasteiger partial charge on any atom is -0.310 e. The highest BCUT2D eigenvalue weighted by Crippen LogP contribution is 2.24. The van der Waals surface area contributed by atoms with Gasteiger partial charge >= 0.3 is 0 Å². The van der Waals surface area contributed by atoms with Crippen LogP contribution in [0.4, 0.5) is 4.39 Å². The van der Waals surface area contributed by atoms with E-state index in [2.05, 4.69) is 27.8 Å². The first-order chi connectivity index (χ1) is 7.52. The number of nitrogens with one attached hydrogen (secondary N) is 1. The zero-order chi connectivity index (χ0) is 12.1. The van der Waals surface area contributed by atoms with Gasteiger partial charge in [0.05, 0.1) is 0 Å². The van der Waals surface area contributed by atoms with Gasteiger partial charge < -0.3 is 5.32 Å².